The summed E-state index contributed by atoms with van der Waals surface area (Å²) in [6.07, 6.45) is 9.59. The molecule has 1 aromatic heterocycles. The van der Waals surface area contributed by atoms with Gasteiger partial charge in [-0.2, -0.15) is 5.10 Å². The molecule has 1 atom stereocenters. The van der Waals surface area contributed by atoms with Crippen LogP contribution in [0.1, 0.15) is 41.6 Å². The van der Waals surface area contributed by atoms with Crippen molar-refractivity contribution in [2.45, 2.75) is 33.1 Å². The molecule has 0 aliphatic heterocycles. The van der Waals surface area contributed by atoms with Gasteiger partial charge in [-0.15, -0.1) is 0 Å². The first-order valence-electron chi connectivity index (χ1n) is 6.79. The van der Waals surface area contributed by atoms with Gasteiger partial charge in [-0.25, -0.2) is 9.78 Å². The van der Waals surface area contributed by atoms with E-state index in [4.69, 9.17) is 4.74 Å². The number of rotatable bonds is 5. The number of hydrogen-bond donors (Lipinski definition) is 1. The van der Waals surface area contributed by atoms with Crippen LogP contribution in [-0.2, 0) is 4.74 Å². The molecule has 6 heteroatoms. The molecular weight excluding hydrogens is 274 g/mol. The number of carbonyl (C=O) groups excluding carboxylic acids is 1. The van der Waals surface area contributed by atoms with Gasteiger partial charge >= 0.3 is 5.97 Å². The predicted octanol–water partition coefficient (Wildman–Crippen LogP) is 3.38. The smallest absolute Gasteiger partial charge is 0.350 e. The molecule has 108 valence electrons. The Labute approximate surface area is 122 Å². The van der Waals surface area contributed by atoms with E-state index in [0.29, 0.717) is 28.2 Å². The zero-order valence-electron chi connectivity index (χ0n) is 11.8. The molecule has 0 fully saturated rings. The highest BCUT2D eigenvalue weighted by molar-refractivity contribution is 7.17. The SMILES string of the molecule is CCOC(=O)c1sc(NN=CC2CC=CCC2)nc1C. The summed E-state index contributed by atoms with van der Waals surface area (Å²) < 4.78 is 4.98. The average Bonchev–Trinajstić information content (AvgIpc) is 2.81. The minimum absolute atomic E-state index is 0.322. The van der Waals surface area contributed by atoms with Crippen molar-refractivity contribution in [3.05, 3.63) is 22.7 Å². The molecule has 0 radical (unpaired) electrons. The number of nitrogens with zero attached hydrogens (tertiary/aromatic N) is 2. The molecule has 5 nitrogen and oxygen atoms in total. The zero-order valence-corrected chi connectivity index (χ0v) is 12.6. The van der Waals surface area contributed by atoms with Gasteiger partial charge in [-0.05, 0) is 39.0 Å². The fourth-order valence-electron chi connectivity index (χ4n) is 1.98. The van der Waals surface area contributed by atoms with Crippen LogP contribution >= 0.6 is 11.3 Å². The Kier molecular flexibility index (Phi) is 5.29. The van der Waals surface area contributed by atoms with Crippen molar-refractivity contribution in [1.82, 2.24) is 4.98 Å². The molecule has 2 rings (SSSR count). The number of ether oxygens (including phenoxy) is 1. The molecule has 20 heavy (non-hydrogen) atoms. The molecule has 1 N–H and O–H groups in total. The van der Waals surface area contributed by atoms with Gasteiger partial charge in [0.05, 0.1) is 12.3 Å². The number of hydrazone groups is 1. The summed E-state index contributed by atoms with van der Waals surface area (Å²) in [6, 6.07) is 0. The van der Waals surface area contributed by atoms with Gasteiger partial charge in [-0.1, -0.05) is 23.5 Å². The number of esters is 1. The molecule has 0 spiro atoms. The number of allylic oxidation sites excluding steroid dienone is 2. The molecule has 1 aliphatic carbocycles. The fourth-order valence-corrected chi connectivity index (χ4v) is 2.79. The summed E-state index contributed by atoms with van der Waals surface area (Å²) in [7, 11) is 0. The topological polar surface area (TPSA) is 63.6 Å². The highest BCUT2D eigenvalue weighted by Crippen LogP contribution is 2.23. The normalized spacial score (nSPS) is 18.4. The minimum atomic E-state index is -0.322. The van der Waals surface area contributed by atoms with Gasteiger partial charge in [0.25, 0.3) is 0 Å². The number of aryl methyl sites for hydroxylation is 1. The van der Waals surface area contributed by atoms with E-state index >= 15 is 0 Å². The molecule has 0 bridgehead atoms. The highest BCUT2D eigenvalue weighted by Gasteiger charge is 2.16. The largest absolute Gasteiger partial charge is 0.462 e. The molecule has 1 aromatic rings. The third-order valence-electron chi connectivity index (χ3n) is 3.01. The van der Waals surface area contributed by atoms with E-state index in [9.17, 15) is 4.79 Å². The predicted molar refractivity (Wildman–Crippen MR) is 81.4 cm³/mol. The summed E-state index contributed by atoms with van der Waals surface area (Å²) in [5, 5.41) is 4.83. The van der Waals surface area contributed by atoms with Crippen LogP contribution in [0.3, 0.4) is 0 Å². The van der Waals surface area contributed by atoms with Gasteiger partial charge in [0.2, 0.25) is 5.13 Å². The van der Waals surface area contributed by atoms with Crippen molar-refractivity contribution in [2.24, 2.45) is 11.0 Å². The Bertz CT molecular complexity index is 522. The second kappa shape index (κ2) is 7.19. The molecular formula is C14H19N3O2S. The number of nitrogens with one attached hydrogen (secondary N) is 1. The van der Waals surface area contributed by atoms with Crippen LogP contribution in [0, 0.1) is 12.8 Å². The summed E-state index contributed by atoms with van der Waals surface area (Å²) in [4.78, 5) is 16.5. The van der Waals surface area contributed by atoms with Crippen LogP contribution in [0.5, 0.6) is 0 Å². The lowest BCUT2D eigenvalue weighted by atomic mass is 9.96. The number of anilines is 1. The maximum absolute atomic E-state index is 11.7. The first-order chi connectivity index (χ1) is 9.70. The molecule has 0 saturated carbocycles. The lowest BCUT2D eigenvalue weighted by molar-refractivity contribution is 0.0531. The maximum atomic E-state index is 11.7. The second-order valence-corrected chi connectivity index (χ2v) is 5.59. The maximum Gasteiger partial charge on any atom is 0.350 e. The van der Waals surface area contributed by atoms with E-state index in [1.807, 2.05) is 6.21 Å². The Balaban J connectivity index is 1.93. The standard InChI is InChI=1S/C14H19N3O2S/c1-3-19-13(18)12-10(2)16-14(20-12)17-15-9-11-7-5-4-6-8-11/h4-5,9,11H,3,6-8H2,1-2H3,(H,16,17). The molecule has 0 saturated heterocycles. The summed E-state index contributed by atoms with van der Waals surface area (Å²) in [5.74, 6) is 0.162. The Morgan fingerprint density at radius 3 is 3.20 bits per heavy atom. The first-order valence-corrected chi connectivity index (χ1v) is 7.61. The van der Waals surface area contributed by atoms with Crippen LogP contribution in [0.15, 0.2) is 17.3 Å². The molecule has 0 amide bonds. The Morgan fingerprint density at radius 2 is 2.50 bits per heavy atom. The van der Waals surface area contributed by atoms with E-state index in [1.54, 1.807) is 13.8 Å². The number of carbonyl (C=O) groups is 1. The number of thiazole rings is 1. The van der Waals surface area contributed by atoms with Crippen molar-refractivity contribution < 1.29 is 9.53 Å². The zero-order chi connectivity index (χ0) is 14.4. The van der Waals surface area contributed by atoms with Gasteiger partial charge in [-0.3, -0.25) is 5.43 Å². The molecule has 1 unspecified atom stereocenters. The first kappa shape index (κ1) is 14.7. The van der Waals surface area contributed by atoms with E-state index < -0.39 is 0 Å². The lowest BCUT2D eigenvalue weighted by Gasteiger charge is -2.11. The van der Waals surface area contributed by atoms with E-state index in [2.05, 4.69) is 27.7 Å². The van der Waals surface area contributed by atoms with Crippen LogP contribution in [0.4, 0.5) is 5.13 Å². The van der Waals surface area contributed by atoms with Crippen LogP contribution < -0.4 is 5.43 Å². The Hall–Kier alpha value is -1.69. The van der Waals surface area contributed by atoms with Gasteiger partial charge in [0.15, 0.2) is 0 Å². The minimum Gasteiger partial charge on any atom is -0.462 e. The quantitative estimate of drug-likeness (QED) is 0.391. The lowest BCUT2D eigenvalue weighted by Crippen LogP contribution is -2.04. The van der Waals surface area contributed by atoms with Crippen molar-refractivity contribution in [3.8, 4) is 0 Å². The third-order valence-corrected chi connectivity index (χ3v) is 4.05. The van der Waals surface area contributed by atoms with E-state index in [0.717, 1.165) is 19.3 Å². The molecule has 1 aliphatic rings. The highest BCUT2D eigenvalue weighted by atomic mass is 32.1. The van der Waals surface area contributed by atoms with Crippen molar-refractivity contribution in [2.75, 3.05) is 12.0 Å². The van der Waals surface area contributed by atoms with Crippen molar-refractivity contribution >= 4 is 28.7 Å². The second-order valence-electron chi connectivity index (χ2n) is 4.59. The van der Waals surface area contributed by atoms with E-state index in [-0.39, 0.29) is 5.97 Å². The summed E-state index contributed by atoms with van der Waals surface area (Å²) in [5.41, 5.74) is 3.57. The van der Waals surface area contributed by atoms with E-state index in [1.165, 1.54) is 11.3 Å². The molecule has 0 aromatic carbocycles. The van der Waals surface area contributed by atoms with Crippen LogP contribution in [0.2, 0.25) is 0 Å². The monoisotopic (exact) mass is 293 g/mol. The summed E-state index contributed by atoms with van der Waals surface area (Å²) in [6.45, 7) is 3.95. The number of hydrogen-bond acceptors (Lipinski definition) is 6. The van der Waals surface area contributed by atoms with Crippen LogP contribution in [0.25, 0.3) is 0 Å². The van der Waals surface area contributed by atoms with Gasteiger partial charge in [0.1, 0.15) is 4.88 Å². The van der Waals surface area contributed by atoms with Crippen molar-refractivity contribution in [3.63, 3.8) is 0 Å². The third kappa shape index (κ3) is 3.90. The van der Waals surface area contributed by atoms with Crippen LogP contribution in [-0.4, -0.2) is 23.8 Å². The van der Waals surface area contributed by atoms with Gasteiger partial charge < -0.3 is 4.74 Å². The number of aromatic nitrogens is 1. The average molecular weight is 293 g/mol. The Morgan fingerprint density at radius 1 is 1.65 bits per heavy atom. The summed E-state index contributed by atoms with van der Waals surface area (Å²) >= 11 is 1.27. The molecule has 1 heterocycles. The van der Waals surface area contributed by atoms with Crippen molar-refractivity contribution in [1.29, 1.82) is 0 Å². The van der Waals surface area contributed by atoms with Gasteiger partial charge in [0, 0.05) is 6.21 Å². The fraction of sp³-hybridized carbons (Fsp3) is 0.500.